The summed E-state index contributed by atoms with van der Waals surface area (Å²) in [4.78, 5) is 11.5. The number of nitrogens with two attached hydrogens (primary N) is 3. The Morgan fingerprint density at radius 1 is 1.02 bits per heavy atom. The molecule has 1 aromatic carbocycles. The first-order chi connectivity index (χ1) is 26.1. The van der Waals surface area contributed by atoms with E-state index in [4.69, 9.17) is 31.2 Å². The van der Waals surface area contributed by atoms with Crippen LogP contribution in [0.2, 0.25) is 0 Å². The third-order valence-electron chi connectivity index (χ3n) is 11.2. The van der Waals surface area contributed by atoms with Gasteiger partial charge in [-0.05, 0) is 80.8 Å². The van der Waals surface area contributed by atoms with Gasteiger partial charge in [0.25, 0.3) is 0 Å². The van der Waals surface area contributed by atoms with Gasteiger partial charge in [0.15, 0.2) is 5.82 Å². The maximum absolute atomic E-state index is 10.4. The molecule has 8 N–H and O–H groups in total. The Balaban J connectivity index is 0.965. The second kappa shape index (κ2) is 18.7. The fourth-order valence-electron chi connectivity index (χ4n) is 7.55. The second-order valence-corrected chi connectivity index (χ2v) is 15.5. The first kappa shape index (κ1) is 39.2. The van der Waals surface area contributed by atoms with Crippen LogP contribution in [-0.2, 0) is 11.3 Å². The van der Waals surface area contributed by atoms with Gasteiger partial charge in [0.1, 0.15) is 23.4 Å². The average molecular weight is 744 g/mol. The van der Waals surface area contributed by atoms with E-state index in [1.165, 1.54) is 0 Å². The molecule has 2 aromatic heterocycles. The molecule has 0 spiro atoms. The average Bonchev–Trinajstić information content (AvgIpc) is 3.88. The van der Waals surface area contributed by atoms with E-state index in [1.54, 1.807) is 30.5 Å². The molecule has 0 amide bonds. The molecule has 0 radical (unpaired) electrons. The van der Waals surface area contributed by atoms with Gasteiger partial charge >= 0.3 is 0 Å². The third kappa shape index (κ3) is 10.6. The summed E-state index contributed by atoms with van der Waals surface area (Å²) in [6.45, 7) is 14.3. The summed E-state index contributed by atoms with van der Waals surface area (Å²) in [5, 5.41) is 18.3. The lowest BCUT2D eigenvalue weighted by Gasteiger charge is -2.34. The largest absolute Gasteiger partial charge is 0.507 e. The third-order valence-corrected chi connectivity index (χ3v) is 11.2. The Labute approximate surface area is 320 Å². The van der Waals surface area contributed by atoms with Crippen LogP contribution >= 0.6 is 0 Å². The van der Waals surface area contributed by atoms with E-state index in [1.807, 2.05) is 18.2 Å². The Kier molecular flexibility index (Phi) is 13.6. The predicted molar refractivity (Wildman–Crippen MR) is 212 cm³/mol. The lowest BCUT2D eigenvalue weighted by atomic mass is 9.95. The van der Waals surface area contributed by atoms with Crippen LogP contribution < -0.4 is 32.2 Å². The minimum Gasteiger partial charge on any atom is -0.507 e. The number of rotatable bonds is 16. The summed E-state index contributed by atoms with van der Waals surface area (Å²) in [6, 6.07) is 13.4. The minimum absolute atomic E-state index is 0.0990. The zero-order chi connectivity index (χ0) is 38.0. The molecule has 5 heterocycles. The highest BCUT2D eigenvalue weighted by atomic mass is 16.5. The highest BCUT2D eigenvalue weighted by molar-refractivity contribution is 5.70. The number of likely N-dealkylation sites (tertiary alicyclic amines) is 1. The van der Waals surface area contributed by atoms with Crippen molar-refractivity contribution >= 4 is 11.5 Å². The number of phenols is 1. The van der Waals surface area contributed by atoms with Gasteiger partial charge in [0, 0.05) is 87.4 Å². The van der Waals surface area contributed by atoms with Crippen molar-refractivity contribution < 1.29 is 19.1 Å². The number of ether oxygens (including phenoxy) is 2. The Hall–Kier alpha value is -4.46. The van der Waals surface area contributed by atoms with Gasteiger partial charge < -0.3 is 56.3 Å². The summed E-state index contributed by atoms with van der Waals surface area (Å²) >= 11 is 0. The number of hydrogen-bond acceptors (Lipinski definition) is 13. The summed E-state index contributed by atoms with van der Waals surface area (Å²) in [5.41, 5.74) is 21.6. The van der Waals surface area contributed by atoms with Crippen molar-refractivity contribution in [2.45, 2.75) is 90.0 Å². The van der Waals surface area contributed by atoms with Crippen molar-refractivity contribution in [1.82, 2.24) is 25.3 Å². The molecule has 54 heavy (non-hydrogen) atoms. The monoisotopic (exact) mass is 743 g/mol. The van der Waals surface area contributed by atoms with Crippen molar-refractivity contribution in [3.05, 3.63) is 83.1 Å². The summed E-state index contributed by atoms with van der Waals surface area (Å²) in [5.74, 6) is 3.67. The number of hydrogen-bond donors (Lipinski definition) is 5. The SMILES string of the molecule is CC(C)C(C)c1cc(N2CCC(OCCN3CCC(Oc4cc(CN(CC5CCCN5)C(/C=C(\N)c5ccccc5O)=C(N)N)ccn4)CC3)CC2)no1. The highest BCUT2D eigenvalue weighted by Gasteiger charge is 2.26. The number of pyridine rings is 1. The maximum atomic E-state index is 10.4. The molecule has 2 unspecified atom stereocenters. The molecule has 6 rings (SSSR count). The topological polar surface area (TPSA) is 177 Å². The number of nitrogens with zero attached hydrogens (tertiary/aromatic N) is 5. The molecule has 0 aliphatic carbocycles. The highest BCUT2D eigenvalue weighted by Crippen LogP contribution is 2.29. The molecule has 3 aliphatic rings. The number of aromatic nitrogens is 2. The lowest BCUT2D eigenvalue weighted by molar-refractivity contribution is 0.0135. The second-order valence-electron chi connectivity index (χ2n) is 15.5. The van der Waals surface area contributed by atoms with Crippen molar-refractivity contribution in [2.24, 2.45) is 23.1 Å². The molecule has 0 saturated carbocycles. The first-order valence-electron chi connectivity index (χ1n) is 19.8. The van der Waals surface area contributed by atoms with Crippen LogP contribution in [-0.4, -0.2) is 95.7 Å². The molecule has 2 atom stereocenters. The van der Waals surface area contributed by atoms with Crippen LogP contribution in [0.3, 0.4) is 0 Å². The molecule has 13 nitrogen and oxygen atoms in total. The van der Waals surface area contributed by atoms with Gasteiger partial charge in [-0.25, -0.2) is 4.98 Å². The number of piperidine rings is 2. The van der Waals surface area contributed by atoms with E-state index in [9.17, 15) is 5.11 Å². The van der Waals surface area contributed by atoms with Crippen LogP contribution in [0.4, 0.5) is 5.82 Å². The van der Waals surface area contributed by atoms with Crippen molar-refractivity contribution in [3.8, 4) is 11.6 Å². The number of para-hydroxylation sites is 1. The van der Waals surface area contributed by atoms with Crippen molar-refractivity contribution in [3.63, 3.8) is 0 Å². The molecule has 3 aromatic rings. The van der Waals surface area contributed by atoms with Gasteiger partial charge in [-0.1, -0.05) is 38.1 Å². The number of benzene rings is 1. The molecule has 3 aliphatic heterocycles. The minimum atomic E-state index is 0.0990. The lowest BCUT2D eigenvalue weighted by Crippen LogP contribution is -2.41. The zero-order valence-corrected chi connectivity index (χ0v) is 32.3. The fourth-order valence-corrected chi connectivity index (χ4v) is 7.55. The van der Waals surface area contributed by atoms with Gasteiger partial charge in [0.05, 0.1) is 18.4 Å². The number of allylic oxidation sites excluding steroid dienone is 1. The molecule has 3 saturated heterocycles. The van der Waals surface area contributed by atoms with Crippen LogP contribution in [0, 0.1) is 5.92 Å². The molecule has 294 valence electrons. The quantitative estimate of drug-likeness (QED) is 0.128. The Bertz CT molecular complexity index is 1680. The van der Waals surface area contributed by atoms with Gasteiger partial charge in [-0.15, -0.1) is 0 Å². The number of anilines is 1. The van der Waals surface area contributed by atoms with Gasteiger partial charge in [-0.3, -0.25) is 0 Å². The van der Waals surface area contributed by atoms with Gasteiger partial charge in [0.2, 0.25) is 5.88 Å². The van der Waals surface area contributed by atoms with Crippen LogP contribution in [0.5, 0.6) is 11.6 Å². The molecule has 13 heteroatoms. The van der Waals surface area contributed by atoms with Crippen molar-refractivity contribution in [1.29, 1.82) is 0 Å². The van der Waals surface area contributed by atoms with Crippen molar-refractivity contribution in [2.75, 3.05) is 57.3 Å². The first-order valence-corrected chi connectivity index (χ1v) is 19.8. The number of phenolic OH excluding ortho intramolecular Hbond substituents is 1. The van der Waals surface area contributed by atoms with E-state index >= 15 is 0 Å². The predicted octanol–water partition coefficient (Wildman–Crippen LogP) is 4.70. The van der Waals surface area contributed by atoms with E-state index in [2.05, 4.69) is 57.0 Å². The molecular weight excluding hydrogens is 683 g/mol. The van der Waals surface area contributed by atoms with Gasteiger partial charge in [-0.2, -0.15) is 0 Å². The summed E-state index contributed by atoms with van der Waals surface area (Å²) in [7, 11) is 0. The molecule has 3 fully saturated rings. The number of aromatic hydroxyl groups is 1. The number of nitrogens with one attached hydrogen (secondary N) is 1. The smallest absolute Gasteiger partial charge is 0.213 e. The standard InChI is InChI=1S/C41H61N9O4/c1-28(2)29(3)38-25-39(47-54-38)49-19-13-32(14-20-49)52-22-21-48-17-11-33(12-18-48)53-40-23-30(10-16-46-40)26-50(27-31-7-6-15-45-31)36(41(43)44)24-35(42)34-8-4-5-9-37(34)51/h4-5,8-10,16,23-25,28-29,31-33,45,51H,6-7,11-15,17-22,26-27,42-44H2,1-3H3/b35-24-. The summed E-state index contributed by atoms with van der Waals surface area (Å²) in [6.07, 6.45) is 9.99. The van der Waals surface area contributed by atoms with E-state index in [0.29, 0.717) is 47.8 Å². The fraction of sp³-hybridized carbons (Fsp3) is 0.561. The van der Waals surface area contributed by atoms with Crippen LogP contribution in [0.1, 0.15) is 82.1 Å². The normalized spacial score (nSPS) is 19.7. The zero-order valence-electron chi connectivity index (χ0n) is 32.3. The van der Waals surface area contributed by atoms with E-state index in [-0.39, 0.29) is 29.8 Å². The maximum Gasteiger partial charge on any atom is 0.213 e. The van der Waals surface area contributed by atoms with E-state index < -0.39 is 0 Å². The molecular formula is C41H61N9O4. The Morgan fingerprint density at radius 3 is 2.48 bits per heavy atom. The molecule has 0 bridgehead atoms. The van der Waals surface area contributed by atoms with E-state index in [0.717, 1.165) is 102 Å². The van der Waals surface area contributed by atoms with Crippen LogP contribution in [0.15, 0.2) is 70.8 Å². The Morgan fingerprint density at radius 2 is 1.78 bits per heavy atom. The van der Waals surface area contributed by atoms with Crippen LogP contribution in [0.25, 0.3) is 5.70 Å². The summed E-state index contributed by atoms with van der Waals surface area (Å²) < 4.78 is 18.4.